The van der Waals surface area contributed by atoms with Gasteiger partial charge in [-0.1, -0.05) is 43.3 Å². The first kappa shape index (κ1) is 20.7. The Morgan fingerprint density at radius 2 is 1.90 bits per heavy atom. The largest absolute Gasteiger partial charge is 0.328 e. The van der Waals surface area contributed by atoms with E-state index in [0.29, 0.717) is 0 Å². The molecule has 0 saturated heterocycles. The Labute approximate surface area is 170 Å². The average molecular weight is 396 g/mol. The fraction of sp³-hybridized carbons (Fsp3) is 0.304. The molecule has 0 radical (unpaired) electrons. The van der Waals surface area contributed by atoms with Gasteiger partial charge in [-0.15, -0.1) is 0 Å². The van der Waals surface area contributed by atoms with Crippen LogP contribution in [-0.4, -0.2) is 22.2 Å². The molecule has 3 rings (SSSR count). The molecule has 3 N–H and O–H groups in total. The van der Waals surface area contributed by atoms with E-state index in [1.807, 2.05) is 32.3 Å². The summed E-state index contributed by atoms with van der Waals surface area (Å²) in [6.45, 7) is 6.11. The number of aromatic nitrogens is 2. The van der Waals surface area contributed by atoms with Crippen LogP contribution >= 0.6 is 0 Å². The van der Waals surface area contributed by atoms with Crippen LogP contribution in [-0.2, 0) is 18.3 Å². The molecule has 29 heavy (non-hydrogen) atoms. The lowest BCUT2D eigenvalue weighted by Crippen LogP contribution is -2.87. The molecule has 1 atom stereocenters. The Bertz CT molecular complexity index is 995. The zero-order valence-corrected chi connectivity index (χ0v) is 17.4. The van der Waals surface area contributed by atoms with Gasteiger partial charge in [-0.3, -0.25) is 9.48 Å². The summed E-state index contributed by atoms with van der Waals surface area (Å²) in [5.41, 5.74) is 5.56. The van der Waals surface area contributed by atoms with Gasteiger partial charge in [0.25, 0.3) is 5.91 Å². The summed E-state index contributed by atoms with van der Waals surface area (Å²) >= 11 is 0. The molecule has 0 saturated carbocycles. The van der Waals surface area contributed by atoms with E-state index in [4.69, 9.17) is 0 Å². The molecular weight excluding hydrogens is 367 g/mol. The van der Waals surface area contributed by atoms with Gasteiger partial charge in [-0.2, -0.15) is 5.10 Å². The van der Waals surface area contributed by atoms with Crippen molar-refractivity contribution >= 4 is 11.6 Å². The Morgan fingerprint density at radius 3 is 2.48 bits per heavy atom. The van der Waals surface area contributed by atoms with Crippen LogP contribution in [0.15, 0.2) is 48.5 Å². The maximum absolute atomic E-state index is 13.8. The Morgan fingerprint density at radius 1 is 1.17 bits per heavy atom. The van der Waals surface area contributed by atoms with E-state index in [1.54, 1.807) is 10.7 Å². The van der Waals surface area contributed by atoms with Gasteiger partial charge >= 0.3 is 0 Å². The highest BCUT2D eigenvalue weighted by Gasteiger charge is 2.21. The number of quaternary nitrogens is 1. The number of benzene rings is 2. The maximum atomic E-state index is 13.8. The van der Waals surface area contributed by atoms with Gasteiger partial charge in [0.05, 0.1) is 17.1 Å². The van der Waals surface area contributed by atoms with Crippen molar-refractivity contribution in [1.29, 1.82) is 0 Å². The standard InChI is InChI=1S/C23H27FN4O/c1-5-17-9-11-18(12-10-17)23(19-7-6-8-20(24)13-19)25-14-21(29)26-22-15(2)27-28(4)16(22)3/h6-13,23,25H,5,14H2,1-4H3,(H,26,29)/p+1/t23-/m0/s1. The SMILES string of the molecule is CCc1ccc([C@H]([NH2+]CC(=O)Nc2c(C)nn(C)c2C)c2cccc(F)c2)cc1. The second-order valence-electron chi connectivity index (χ2n) is 7.29. The molecule has 6 heteroatoms. The molecule has 5 nitrogen and oxygen atoms in total. The molecule has 1 aromatic heterocycles. The topological polar surface area (TPSA) is 63.5 Å². The van der Waals surface area contributed by atoms with Crippen molar-refractivity contribution in [3.8, 4) is 0 Å². The van der Waals surface area contributed by atoms with Crippen LogP contribution in [0.25, 0.3) is 0 Å². The number of anilines is 1. The fourth-order valence-corrected chi connectivity index (χ4v) is 3.50. The molecule has 152 valence electrons. The van der Waals surface area contributed by atoms with Gasteiger partial charge < -0.3 is 10.6 Å². The predicted molar refractivity (Wildman–Crippen MR) is 112 cm³/mol. The van der Waals surface area contributed by atoms with Crippen LogP contribution < -0.4 is 10.6 Å². The van der Waals surface area contributed by atoms with Crippen LogP contribution in [0.3, 0.4) is 0 Å². The summed E-state index contributed by atoms with van der Waals surface area (Å²) < 4.78 is 15.6. The van der Waals surface area contributed by atoms with E-state index in [2.05, 4.69) is 41.6 Å². The first-order chi connectivity index (χ1) is 13.9. The number of carbonyl (C=O) groups is 1. The maximum Gasteiger partial charge on any atom is 0.279 e. The minimum atomic E-state index is -0.280. The minimum absolute atomic E-state index is 0.115. The summed E-state index contributed by atoms with van der Waals surface area (Å²) in [6, 6.07) is 14.7. The van der Waals surface area contributed by atoms with Crippen molar-refractivity contribution in [2.45, 2.75) is 33.2 Å². The van der Waals surface area contributed by atoms with Gasteiger partial charge in [0.15, 0.2) is 6.54 Å². The third-order valence-electron chi connectivity index (χ3n) is 5.27. The quantitative estimate of drug-likeness (QED) is 0.646. The summed E-state index contributed by atoms with van der Waals surface area (Å²) in [5, 5.41) is 9.23. The molecule has 0 unspecified atom stereocenters. The zero-order chi connectivity index (χ0) is 21.0. The number of hydrogen-bond acceptors (Lipinski definition) is 2. The second kappa shape index (κ2) is 9.01. The van der Waals surface area contributed by atoms with Crippen molar-refractivity contribution in [1.82, 2.24) is 9.78 Å². The van der Waals surface area contributed by atoms with E-state index >= 15 is 0 Å². The highest BCUT2D eigenvalue weighted by Crippen LogP contribution is 2.21. The van der Waals surface area contributed by atoms with E-state index in [0.717, 1.165) is 34.6 Å². The van der Waals surface area contributed by atoms with Crippen LogP contribution in [0.4, 0.5) is 10.1 Å². The van der Waals surface area contributed by atoms with E-state index in [-0.39, 0.29) is 24.3 Å². The van der Waals surface area contributed by atoms with Crippen molar-refractivity contribution in [3.63, 3.8) is 0 Å². The highest BCUT2D eigenvalue weighted by atomic mass is 19.1. The Hall–Kier alpha value is -2.99. The van der Waals surface area contributed by atoms with E-state index in [9.17, 15) is 9.18 Å². The summed E-state index contributed by atoms with van der Waals surface area (Å²) in [5.74, 6) is -0.395. The van der Waals surface area contributed by atoms with Gasteiger partial charge in [-0.05, 0) is 38.0 Å². The van der Waals surface area contributed by atoms with E-state index in [1.165, 1.54) is 17.7 Å². The molecule has 0 aliphatic carbocycles. The number of nitrogens with two attached hydrogens (primary N) is 1. The van der Waals surface area contributed by atoms with Gasteiger partial charge in [-0.25, -0.2) is 4.39 Å². The molecule has 0 fully saturated rings. The van der Waals surface area contributed by atoms with Gasteiger partial charge in [0, 0.05) is 18.2 Å². The first-order valence-electron chi connectivity index (χ1n) is 9.86. The first-order valence-corrected chi connectivity index (χ1v) is 9.86. The fourth-order valence-electron chi connectivity index (χ4n) is 3.50. The zero-order valence-electron chi connectivity index (χ0n) is 17.4. The summed E-state index contributed by atoms with van der Waals surface area (Å²) in [4.78, 5) is 12.6. The number of amides is 1. The molecule has 0 bridgehead atoms. The lowest BCUT2D eigenvalue weighted by molar-refractivity contribution is -0.676. The smallest absolute Gasteiger partial charge is 0.279 e. The molecule has 3 aromatic rings. The predicted octanol–water partition coefficient (Wildman–Crippen LogP) is 3.03. The Kier molecular flexibility index (Phi) is 6.44. The van der Waals surface area contributed by atoms with Gasteiger partial charge in [0.1, 0.15) is 11.9 Å². The molecule has 2 aromatic carbocycles. The number of carbonyl (C=O) groups excluding carboxylic acids is 1. The minimum Gasteiger partial charge on any atom is -0.328 e. The number of halogens is 1. The number of aryl methyl sites for hydroxylation is 3. The lowest BCUT2D eigenvalue weighted by Gasteiger charge is -2.17. The Balaban J connectivity index is 1.78. The van der Waals surface area contributed by atoms with Crippen LogP contribution in [0.1, 0.15) is 41.0 Å². The second-order valence-corrected chi connectivity index (χ2v) is 7.29. The van der Waals surface area contributed by atoms with Crippen LogP contribution in [0.2, 0.25) is 0 Å². The molecule has 0 aliphatic heterocycles. The molecule has 1 heterocycles. The monoisotopic (exact) mass is 395 g/mol. The number of nitrogens with zero attached hydrogens (tertiary/aromatic N) is 2. The van der Waals surface area contributed by atoms with Crippen LogP contribution in [0.5, 0.6) is 0 Å². The third-order valence-corrected chi connectivity index (χ3v) is 5.27. The number of hydrogen-bond donors (Lipinski definition) is 2. The van der Waals surface area contributed by atoms with Crippen molar-refractivity contribution in [2.24, 2.45) is 7.05 Å². The van der Waals surface area contributed by atoms with Gasteiger partial charge in [0.2, 0.25) is 0 Å². The van der Waals surface area contributed by atoms with Crippen LogP contribution in [0, 0.1) is 19.7 Å². The van der Waals surface area contributed by atoms with Crippen molar-refractivity contribution in [3.05, 3.63) is 82.4 Å². The molecule has 0 spiro atoms. The average Bonchev–Trinajstić information content (AvgIpc) is 2.94. The summed E-state index contributed by atoms with van der Waals surface area (Å²) in [7, 11) is 1.85. The lowest BCUT2D eigenvalue weighted by atomic mass is 9.97. The number of rotatable bonds is 7. The molecule has 1 amide bonds. The van der Waals surface area contributed by atoms with Crippen molar-refractivity contribution < 1.29 is 14.5 Å². The molecule has 0 aliphatic rings. The normalized spacial score (nSPS) is 12.0. The summed E-state index contributed by atoms with van der Waals surface area (Å²) in [6.07, 6.45) is 0.959. The third kappa shape index (κ3) is 4.90. The molecular formula is C23H28FN4O+. The van der Waals surface area contributed by atoms with E-state index < -0.39 is 0 Å². The highest BCUT2D eigenvalue weighted by molar-refractivity contribution is 5.92. The van der Waals surface area contributed by atoms with Crippen molar-refractivity contribution in [2.75, 3.05) is 11.9 Å². The number of nitrogens with one attached hydrogen (secondary N) is 1.